The highest BCUT2D eigenvalue weighted by Crippen LogP contribution is 2.22. The van der Waals surface area contributed by atoms with Crippen molar-refractivity contribution in [3.63, 3.8) is 0 Å². The molecule has 0 saturated carbocycles. The second-order valence-electron chi connectivity index (χ2n) is 3.50. The van der Waals surface area contributed by atoms with Crippen molar-refractivity contribution in [2.45, 2.75) is 25.0 Å². The average molecular weight is 258 g/mol. The molecule has 0 fully saturated rings. The van der Waals surface area contributed by atoms with Crippen LogP contribution in [-0.2, 0) is 19.1 Å². The van der Waals surface area contributed by atoms with Crippen molar-refractivity contribution in [1.82, 2.24) is 0 Å². The first kappa shape index (κ1) is 16.3. The highest BCUT2D eigenvalue weighted by molar-refractivity contribution is 5.83. The monoisotopic (exact) mass is 258 g/mol. The number of aliphatic hydroxyl groups excluding tert-OH is 2. The molecule has 0 radical (unpaired) electrons. The van der Waals surface area contributed by atoms with Crippen molar-refractivity contribution < 1.29 is 29.3 Å². The van der Waals surface area contributed by atoms with Crippen LogP contribution in [-0.4, -0.2) is 41.2 Å². The van der Waals surface area contributed by atoms with Gasteiger partial charge < -0.3 is 19.7 Å². The zero-order valence-corrected chi connectivity index (χ0v) is 10.1. The van der Waals surface area contributed by atoms with Crippen molar-refractivity contribution in [3.05, 3.63) is 25.3 Å². The van der Waals surface area contributed by atoms with Gasteiger partial charge in [0.25, 0.3) is 5.79 Å². The standard InChI is InChI=1S/C12H18O6/c1-3-10(15)17-12(9-14,7-5-6-8-13)18-11(16)4-2/h3-4,13-14H,1-2,5-9H2. The third-order valence-corrected chi connectivity index (χ3v) is 2.11. The lowest BCUT2D eigenvalue weighted by Gasteiger charge is -2.30. The summed E-state index contributed by atoms with van der Waals surface area (Å²) in [4.78, 5) is 22.3. The van der Waals surface area contributed by atoms with Crippen LogP contribution in [0.2, 0.25) is 0 Å². The maximum Gasteiger partial charge on any atom is 0.333 e. The number of aliphatic hydroxyl groups is 2. The first-order valence-corrected chi connectivity index (χ1v) is 5.46. The summed E-state index contributed by atoms with van der Waals surface area (Å²) in [5.41, 5.74) is 0. The molecule has 0 saturated heterocycles. The van der Waals surface area contributed by atoms with Crippen LogP contribution in [0.25, 0.3) is 0 Å². The molecule has 0 unspecified atom stereocenters. The summed E-state index contributed by atoms with van der Waals surface area (Å²) in [5.74, 6) is -3.39. The van der Waals surface area contributed by atoms with Crippen LogP contribution in [0.5, 0.6) is 0 Å². The lowest BCUT2D eigenvalue weighted by atomic mass is 10.1. The Morgan fingerprint density at radius 1 is 1.06 bits per heavy atom. The summed E-state index contributed by atoms with van der Waals surface area (Å²) in [7, 11) is 0. The van der Waals surface area contributed by atoms with Gasteiger partial charge in [-0.05, 0) is 12.8 Å². The summed E-state index contributed by atoms with van der Waals surface area (Å²) in [6, 6.07) is 0. The Balaban J connectivity index is 4.80. The molecule has 0 aromatic carbocycles. The molecule has 0 atom stereocenters. The van der Waals surface area contributed by atoms with Crippen LogP contribution < -0.4 is 0 Å². The Labute approximate surface area is 106 Å². The maximum atomic E-state index is 11.2. The van der Waals surface area contributed by atoms with Crippen LogP contribution in [0.3, 0.4) is 0 Å². The van der Waals surface area contributed by atoms with E-state index < -0.39 is 24.3 Å². The molecule has 2 N–H and O–H groups in total. The van der Waals surface area contributed by atoms with Gasteiger partial charge in [0.15, 0.2) is 0 Å². The molecule has 6 nitrogen and oxygen atoms in total. The topological polar surface area (TPSA) is 93.1 Å². The van der Waals surface area contributed by atoms with E-state index in [1.54, 1.807) is 0 Å². The van der Waals surface area contributed by atoms with Crippen LogP contribution >= 0.6 is 0 Å². The fraction of sp³-hybridized carbons (Fsp3) is 0.500. The van der Waals surface area contributed by atoms with Gasteiger partial charge in [0.05, 0.1) is 0 Å². The number of carbonyl (C=O) groups excluding carboxylic acids is 2. The number of hydrogen-bond acceptors (Lipinski definition) is 6. The number of rotatable bonds is 9. The zero-order valence-electron chi connectivity index (χ0n) is 10.1. The Bertz CT molecular complexity index is 288. The molecule has 0 aromatic rings. The van der Waals surface area contributed by atoms with Gasteiger partial charge in [-0.25, -0.2) is 9.59 Å². The summed E-state index contributed by atoms with van der Waals surface area (Å²) >= 11 is 0. The summed E-state index contributed by atoms with van der Waals surface area (Å²) in [6.45, 7) is 5.70. The summed E-state index contributed by atoms with van der Waals surface area (Å²) < 4.78 is 9.75. The molecule has 0 aliphatic heterocycles. The highest BCUT2D eigenvalue weighted by Gasteiger charge is 2.36. The molecule has 0 aliphatic rings. The van der Waals surface area contributed by atoms with E-state index in [9.17, 15) is 14.7 Å². The molecule has 0 amide bonds. The minimum absolute atomic E-state index is 0.0493. The fourth-order valence-electron chi connectivity index (χ4n) is 1.22. The summed E-state index contributed by atoms with van der Waals surface area (Å²) in [6.07, 6.45) is 2.71. The third kappa shape index (κ3) is 5.60. The smallest absolute Gasteiger partial charge is 0.333 e. The first-order chi connectivity index (χ1) is 8.53. The molecule has 6 heteroatoms. The predicted octanol–water partition coefficient (Wildman–Crippen LogP) is 0.296. The molecule has 0 spiro atoms. The second-order valence-corrected chi connectivity index (χ2v) is 3.50. The van der Waals surface area contributed by atoms with Crippen molar-refractivity contribution in [1.29, 1.82) is 0 Å². The van der Waals surface area contributed by atoms with E-state index in [1.807, 2.05) is 0 Å². The van der Waals surface area contributed by atoms with E-state index in [-0.39, 0.29) is 13.0 Å². The van der Waals surface area contributed by atoms with Crippen molar-refractivity contribution in [2.24, 2.45) is 0 Å². The van der Waals surface area contributed by atoms with Gasteiger partial charge >= 0.3 is 11.9 Å². The number of ether oxygens (including phenoxy) is 2. The first-order valence-electron chi connectivity index (χ1n) is 5.46. The molecule has 0 bridgehead atoms. The number of hydrogen-bond donors (Lipinski definition) is 2. The lowest BCUT2D eigenvalue weighted by Crippen LogP contribution is -2.43. The fourth-order valence-corrected chi connectivity index (χ4v) is 1.22. The number of esters is 2. The zero-order chi connectivity index (χ0) is 14.0. The number of unbranched alkanes of at least 4 members (excludes halogenated alkanes) is 1. The molecular formula is C12H18O6. The predicted molar refractivity (Wildman–Crippen MR) is 63.3 cm³/mol. The Kier molecular flexibility index (Phi) is 7.66. The van der Waals surface area contributed by atoms with E-state index in [1.165, 1.54) is 0 Å². The van der Waals surface area contributed by atoms with Crippen LogP contribution in [0.1, 0.15) is 19.3 Å². The van der Waals surface area contributed by atoms with Crippen molar-refractivity contribution in [3.8, 4) is 0 Å². The third-order valence-electron chi connectivity index (χ3n) is 2.11. The largest absolute Gasteiger partial charge is 0.417 e. The molecule has 0 aromatic heterocycles. The van der Waals surface area contributed by atoms with E-state index in [2.05, 4.69) is 13.2 Å². The second kappa shape index (κ2) is 8.43. The molecule has 102 valence electrons. The molecule has 0 heterocycles. The maximum absolute atomic E-state index is 11.2. The van der Waals surface area contributed by atoms with E-state index in [4.69, 9.17) is 14.6 Å². The lowest BCUT2D eigenvalue weighted by molar-refractivity contribution is -0.237. The van der Waals surface area contributed by atoms with Crippen LogP contribution in [0, 0.1) is 0 Å². The normalized spacial score (nSPS) is 10.6. The van der Waals surface area contributed by atoms with Crippen molar-refractivity contribution in [2.75, 3.05) is 13.2 Å². The molecule has 0 aliphatic carbocycles. The van der Waals surface area contributed by atoms with Crippen molar-refractivity contribution >= 4 is 11.9 Å². The van der Waals surface area contributed by atoms with Gasteiger partial charge in [0, 0.05) is 25.2 Å². The van der Waals surface area contributed by atoms with Gasteiger partial charge in [0.2, 0.25) is 0 Å². The molecular weight excluding hydrogens is 240 g/mol. The van der Waals surface area contributed by atoms with Crippen LogP contribution in [0.4, 0.5) is 0 Å². The van der Waals surface area contributed by atoms with Gasteiger partial charge in [-0.3, -0.25) is 0 Å². The molecule has 18 heavy (non-hydrogen) atoms. The van der Waals surface area contributed by atoms with E-state index in [0.717, 1.165) is 12.2 Å². The SMILES string of the molecule is C=CC(=O)OC(CO)(CCCCO)OC(=O)C=C. The Morgan fingerprint density at radius 3 is 1.89 bits per heavy atom. The van der Waals surface area contributed by atoms with Gasteiger partial charge in [-0.15, -0.1) is 0 Å². The van der Waals surface area contributed by atoms with E-state index in [0.29, 0.717) is 12.8 Å². The number of carbonyl (C=O) groups is 2. The van der Waals surface area contributed by atoms with E-state index >= 15 is 0 Å². The minimum Gasteiger partial charge on any atom is -0.417 e. The van der Waals surface area contributed by atoms with Crippen LogP contribution in [0.15, 0.2) is 25.3 Å². The molecule has 0 rings (SSSR count). The minimum atomic E-state index is -1.76. The van der Waals surface area contributed by atoms with Gasteiger partial charge in [-0.2, -0.15) is 0 Å². The summed E-state index contributed by atoms with van der Waals surface area (Å²) in [5, 5.41) is 18.0. The van der Waals surface area contributed by atoms with Gasteiger partial charge in [-0.1, -0.05) is 13.2 Å². The average Bonchev–Trinajstić information content (AvgIpc) is 2.38. The van der Waals surface area contributed by atoms with Gasteiger partial charge in [0.1, 0.15) is 6.61 Å². The highest BCUT2D eigenvalue weighted by atomic mass is 16.7. The Hall–Kier alpha value is -1.66. The quantitative estimate of drug-likeness (QED) is 0.267. The Morgan fingerprint density at radius 2 is 1.56 bits per heavy atom.